The van der Waals surface area contributed by atoms with E-state index in [1.807, 2.05) is 12.3 Å². The zero-order valence-electron chi connectivity index (χ0n) is 13.4. The van der Waals surface area contributed by atoms with Crippen LogP contribution in [0.25, 0.3) is 0 Å². The predicted octanol–water partition coefficient (Wildman–Crippen LogP) is 2.15. The van der Waals surface area contributed by atoms with Gasteiger partial charge in [-0.05, 0) is 51.3 Å². The Kier molecular flexibility index (Phi) is 5.84. The van der Waals surface area contributed by atoms with E-state index < -0.39 is 0 Å². The average Bonchev–Trinajstić information content (AvgIpc) is 2.99. The summed E-state index contributed by atoms with van der Waals surface area (Å²) in [6, 6.07) is 4.58. The molecule has 2 heterocycles. The zero-order valence-corrected chi connectivity index (χ0v) is 13.4. The molecule has 2 rings (SSSR count). The number of aliphatic imine (C=N–C) groups is 1. The third kappa shape index (κ3) is 4.92. The van der Waals surface area contributed by atoms with Crippen molar-refractivity contribution >= 4 is 11.8 Å². The predicted molar refractivity (Wildman–Crippen MR) is 88.8 cm³/mol. The molecule has 1 aromatic heterocycles. The first-order valence-corrected chi connectivity index (χ1v) is 7.93. The number of rotatable bonds is 5. The van der Waals surface area contributed by atoms with Gasteiger partial charge in [0.2, 0.25) is 0 Å². The van der Waals surface area contributed by atoms with Crippen LogP contribution in [-0.2, 0) is 6.54 Å². The summed E-state index contributed by atoms with van der Waals surface area (Å²) >= 11 is 0. The SMILES string of the molecule is CCNC(=NCc1ccnc(N2CCCC2)c1)NC(C)C. The van der Waals surface area contributed by atoms with Gasteiger partial charge in [0.1, 0.15) is 5.82 Å². The highest BCUT2D eigenvalue weighted by molar-refractivity contribution is 5.80. The first-order valence-electron chi connectivity index (χ1n) is 7.93. The lowest BCUT2D eigenvalue weighted by molar-refractivity contribution is 0.700. The molecular weight excluding hydrogens is 262 g/mol. The molecule has 21 heavy (non-hydrogen) atoms. The second-order valence-electron chi connectivity index (χ2n) is 5.71. The second kappa shape index (κ2) is 7.86. The molecule has 0 spiro atoms. The highest BCUT2D eigenvalue weighted by Gasteiger charge is 2.13. The lowest BCUT2D eigenvalue weighted by atomic mass is 10.2. The number of aromatic nitrogens is 1. The van der Waals surface area contributed by atoms with Gasteiger partial charge in [-0.25, -0.2) is 9.98 Å². The fourth-order valence-corrected chi connectivity index (χ4v) is 2.44. The summed E-state index contributed by atoms with van der Waals surface area (Å²) in [6.07, 6.45) is 4.43. The Bertz CT molecular complexity index is 463. The van der Waals surface area contributed by atoms with E-state index in [-0.39, 0.29) is 0 Å². The molecule has 0 unspecified atom stereocenters. The van der Waals surface area contributed by atoms with Crippen LogP contribution in [0, 0.1) is 0 Å². The van der Waals surface area contributed by atoms with Crippen molar-refractivity contribution in [3.63, 3.8) is 0 Å². The Morgan fingerprint density at radius 1 is 1.38 bits per heavy atom. The smallest absolute Gasteiger partial charge is 0.191 e. The third-order valence-electron chi connectivity index (χ3n) is 3.43. The number of guanidine groups is 1. The highest BCUT2D eigenvalue weighted by atomic mass is 15.2. The quantitative estimate of drug-likeness (QED) is 0.644. The molecule has 5 nitrogen and oxygen atoms in total. The van der Waals surface area contributed by atoms with Gasteiger partial charge in [-0.1, -0.05) is 0 Å². The van der Waals surface area contributed by atoms with E-state index in [0.29, 0.717) is 12.6 Å². The van der Waals surface area contributed by atoms with Crippen molar-refractivity contribution in [3.05, 3.63) is 23.9 Å². The molecule has 0 radical (unpaired) electrons. The van der Waals surface area contributed by atoms with Crippen LogP contribution in [0.5, 0.6) is 0 Å². The molecule has 1 aliphatic rings. The molecule has 5 heteroatoms. The van der Waals surface area contributed by atoms with Crippen molar-refractivity contribution in [2.45, 2.75) is 46.2 Å². The standard InChI is InChI=1S/C16H27N5/c1-4-17-16(20-13(2)3)19-12-14-7-8-18-15(11-14)21-9-5-6-10-21/h7-8,11,13H,4-6,9-10,12H2,1-3H3,(H2,17,19,20). The maximum atomic E-state index is 4.64. The summed E-state index contributed by atoms with van der Waals surface area (Å²) in [5.74, 6) is 1.95. The molecule has 116 valence electrons. The molecule has 1 fully saturated rings. The van der Waals surface area contributed by atoms with Crippen LogP contribution in [0.15, 0.2) is 23.3 Å². The largest absolute Gasteiger partial charge is 0.357 e. The van der Waals surface area contributed by atoms with Crippen molar-refractivity contribution in [2.75, 3.05) is 24.5 Å². The fraction of sp³-hybridized carbons (Fsp3) is 0.625. The second-order valence-corrected chi connectivity index (χ2v) is 5.71. The molecule has 0 amide bonds. The van der Waals surface area contributed by atoms with Gasteiger partial charge in [-0.15, -0.1) is 0 Å². The molecule has 0 atom stereocenters. The van der Waals surface area contributed by atoms with E-state index in [2.05, 4.69) is 52.3 Å². The van der Waals surface area contributed by atoms with Crippen molar-refractivity contribution in [3.8, 4) is 0 Å². The average molecular weight is 289 g/mol. The lowest BCUT2D eigenvalue weighted by Gasteiger charge is -2.17. The van der Waals surface area contributed by atoms with Gasteiger partial charge in [0.15, 0.2) is 5.96 Å². The van der Waals surface area contributed by atoms with E-state index in [4.69, 9.17) is 0 Å². The number of nitrogens with zero attached hydrogens (tertiary/aromatic N) is 3. The maximum Gasteiger partial charge on any atom is 0.191 e. The van der Waals surface area contributed by atoms with E-state index in [0.717, 1.165) is 31.4 Å². The van der Waals surface area contributed by atoms with Crippen LogP contribution in [-0.4, -0.2) is 36.6 Å². The van der Waals surface area contributed by atoms with Crippen LogP contribution in [0.4, 0.5) is 5.82 Å². The molecular formula is C16H27N5. The van der Waals surface area contributed by atoms with Crippen molar-refractivity contribution in [1.29, 1.82) is 0 Å². The fourth-order valence-electron chi connectivity index (χ4n) is 2.44. The number of hydrogen-bond acceptors (Lipinski definition) is 3. The van der Waals surface area contributed by atoms with Gasteiger partial charge in [0.25, 0.3) is 0 Å². The number of anilines is 1. The van der Waals surface area contributed by atoms with Crippen LogP contribution < -0.4 is 15.5 Å². The number of hydrogen-bond donors (Lipinski definition) is 2. The van der Waals surface area contributed by atoms with Crippen LogP contribution in [0.3, 0.4) is 0 Å². The first-order chi connectivity index (χ1) is 10.2. The molecule has 0 aliphatic carbocycles. The molecule has 2 N–H and O–H groups in total. The van der Waals surface area contributed by atoms with Crippen LogP contribution in [0.1, 0.15) is 39.2 Å². The summed E-state index contributed by atoms with van der Waals surface area (Å²) in [6.45, 7) is 10.1. The summed E-state index contributed by atoms with van der Waals surface area (Å²) in [5, 5.41) is 6.60. The summed E-state index contributed by atoms with van der Waals surface area (Å²) in [7, 11) is 0. The van der Waals surface area contributed by atoms with Crippen LogP contribution in [0.2, 0.25) is 0 Å². The Balaban J connectivity index is 2.02. The summed E-state index contributed by atoms with van der Waals surface area (Å²) in [5.41, 5.74) is 1.20. The Morgan fingerprint density at radius 3 is 2.81 bits per heavy atom. The Hall–Kier alpha value is -1.78. The topological polar surface area (TPSA) is 52.6 Å². The first kappa shape index (κ1) is 15.6. The normalized spacial score (nSPS) is 15.6. The van der Waals surface area contributed by atoms with Crippen molar-refractivity contribution in [2.24, 2.45) is 4.99 Å². The molecule has 1 aliphatic heterocycles. The van der Waals surface area contributed by atoms with Crippen molar-refractivity contribution in [1.82, 2.24) is 15.6 Å². The zero-order chi connectivity index (χ0) is 15.1. The Labute approximate surface area is 127 Å². The van der Waals surface area contributed by atoms with E-state index >= 15 is 0 Å². The van der Waals surface area contributed by atoms with Crippen LogP contribution >= 0.6 is 0 Å². The van der Waals surface area contributed by atoms with Gasteiger partial charge in [0.05, 0.1) is 6.54 Å². The summed E-state index contributed by atoms with van der Waals surface area (Å²) in [4.78, 5) is 11.5. The van der Waals surface area contributed by atoms with E-state index in [9.17, 15) is 0 Å². The number of pyridine rings is 1. The van der Waals surface area contributed by atoms with Gasteiger partial charge >= 0.3 is 0 Å². The third-order valence-corrected chi connectivity index (χ3v) is 3.43. The minimum Gasteiger partial charge on any atom is -0.357 e. The molecule has 1 saturated heterocycles. The minimum atomic E-state index is 0.375. The minimum absolute atomic E-state index is 0.375. The Morgan fingerprint density at radius 2 is 2.14 bits per heavy atom. The highest BCUT2D eigenvalue weighted by Crippen LogP contribution is 2.18. The van der Waals surface area contributed by atoms with E-state index in [1.54, 1.807) is 0 Å². The summed E-state index contributed by atoms with van der Waals surface area (Å²) < 4.78 is 0. The molecule has 0 saturated carbocycles. The van der Waals surface area contributed by atoms with Crippen molar-refractivity contribution < 1.29 is 0 Å². The monoisotopic (exact) mass is 289 g/mol. The molecule has 1 aromatic rings. The van der Waals surface area contributed by atoms with Gasteiger partial charge in [0, 0.05) is 31.9 Å². The van der Waals surface area contributed by atoms with Gasteiger partial charge in [-0.3, -0.25) is 0 Å². The molecule has 0 bridgehead atoms. The van der Waals surface area contributed by atoms with Gasteiger partial charge in [-0.2, -0.15) is 0 Å². The lowest BCUT2D eigenvalue weighted by Crippen LogP contribution is -2.41. The molecule has 0 aromatic carbocycles. The maximum absolute atomic E-state index is 4.64. The van der Waals surface area contributed by atoms with E-state index in [1.165, 1.54) is 18.4 Å². The number of nitrogens with one attached hydrogen (secondary N) is 2. The van der Waals surface area contributed by atoms with Gasteiger partial charge < -0.3 is 15.5 Å².